The summed E-state index contributed by atoms with van der Waals surface area (Å²) in [5.41, 5.74) is 0. The third-order valence-electron chi connectivity index (χ3n) is 4.16. The van der Waals surface area contributed by atoms with Crippen LogP contribution in [0.4, 0.5) is 0 Å². The Hall–Kier alpha value is -0.570. The molecule has 0 saturated carbocycles. The highest BCUT2D eigenvalue weighted by atomic mass is 127. The maximum absolute atomic E-state index is 11.5. The average molecular weight is 454 g/mol. The lowest BCUT2D eigenvalue weighted by Crippen LogP contribution is -2.46. The van der Waals surface area contributed by atoms with Gasteiger partial charge in [0.2, 0.25) is 5.91 Å². The molecule has 6 nitrogen and oxygen atoms in total. The second kappa shape index (κ2) is 14.7. The molecule has 1 saturated heterocycles. The van der Waals surface area contributed by atoms with E-state index in [1.165, 1.54) is 0 Å². The molecule has 0 bridgehead atoms. The first-order valence-electron chi connectivity index (χ1n) is 9.02. The van der Waals surface area contributed by atoms with E-state index in [4.69, 9.17) is 9.73 Å². The number of carbonyl (C=O) groups is 1. The number of ether oxygens (including phenoxy) is 1. The first kappa shape index (κ1) is 23.4. The van der Waals surface area contributed by atoms with E-state index >= 15 is 0 Å². The van der Waals surface area contributed by atoms with Crippen LogP contribution >= 0.6 is 24.0 Å². The van der Waals surface area contributed by atoms with Gasteiger partial charge in [-0.2, -0.15) is 0 Å². The van der Waals surface area contributed by atoms with Gasteiger partial charge in [0, 0.05) is 52.9 Å². The Morgan fingerprint density at radius 1 is 1.25 bits per heavy atom. The highest BCUT2D eigenvalue weighted by Gasteiger charge is 2.22. The number of nitrogens with zero attached hydrogens (tertiary/aromatic N) is 2. The molecule has 1 rings (SSSR count). The molecule has 0 aromatic carbocycles. The van der Waals surface area contributed by atoms with Crippen molar-refractivity contribution in [3.05, 3.63) is 0 Å². The third-order valence-corrected chi connectivity index (χ3v) is 4.16. The van der Waals surface area contributed by atoms with Gasteiger partial charge in [-0.15, -0.1) is 24.0 Å². The lowest BCUT2D eigenvalue weighted by molar-refractivity contribution is -0.121. The van der Waals surface area contributed by atoms with Crippen molar-refractivity contribution in [1.29, 1.82) is 0 Å². The highest BCUT2D eigenvalue weighted by molar-refractivity contribution is 14.0. The first-order chi connectivity index (χ1) is 11.2. The van der Waals surface area contributed by atoms with Gasteiger partial charge in [0.05, 0.1) is 0 Å². The Morgan fingerprint density at radius 3 is 2.54 bits per heavy atom. The van der Waals surface area contributed by atoms with Crippen LogP contribution in [0, 0.1) is 5.92 Å². The van der Waals surface area contributed by atoms with Crippen molar-refractivity contribution >= 4 is 35.8 Å². The normalized spacial score (nSPS) is 15.8. The maximum atomic E-state index is 11.5. The van der Waals surface area contributed by atoms with Gasteiger partial charge in [0.1, 0.15) is 0 Å². The van der Waals surface area contributed by atoms with E-state index in [2.05, 4.69) is 22.5 Å². The molecule has 0 unspecified atom stereocenters. The number of nitrogens with one attached hydrogen (secondary N) is 2. The maximum Gasteiger partial charge on any atom is 0.220 e. The fourth-order valence-electron chi connectivity index (χ4n) is 2.78. The van der Waals surface area contributed by atoms with Crippen LogP contribution in [-0.2, 0) is 9.53 Å². The largest absolute Gasteiger partial charge is 0.382 e. The van der Waals surface area contributed by atoms with Crippen molar-refractivity contribution in [2.45, 2.75) is 46.0 Å². The quantitative estimate of drug-likeness (QED) is 0.243. The van der Waals surface area contributed by atoms with Gasteiger partial charge in [-0.05, 0) is 45.4 Å². The number of likely N-dealkylation sites (tertiary alicyclic amines) is 1. The number of rotatable bonds is 9. The summed E-state index contributed by atoms with van der Waals surface area (Å²) in [5, 5.41) is 6.10. The third kappa shape index (κ3) is 9.66. The number of halogens is 1. The van der Waals surface area contributed by atoms with Crippen molar-refractivity contribution in [1.82, 2.24) is 15.5 Å². The second-order valence-electron chi connectivity index (χ2n) is 5.95. The number of aliphatic imine (C=N–C) groups is 1. The molecule has 0 radical (unpaired) electrons. The van der Waals surface area contributed by atoms with Gasteiger partial charge in [0.15, 0.2) is 5.96 Å². The minimum Gasteiger partial charge on any atom is -0.382 e. The molecule has 1 heterocycles. The summed E-state index contributed by atoms with van der Waals surface area (Å²) in [6.07, 6.45) is 4.88. The van der Waals surface area contributed by atoms with Gasteiger partial charge in [-0.3, -0.25) is 9.79 Å². The summed E-state index contributed by atoms with van der Waals surface area (Å²) in [6, 6.07) is 0. The van der Waals surface area contributed by atoms with Crippen LogP contribution < -0.4 is 10.6 Å². The topological polar surface area (TPSA) is 66.0 Å². The van der Waals surface area contributed by atoms with Crippen molar-refractivity contribution in [3.63, 3.8) is 0 Å². The summed E-state index contributed by atoms with van der Waals surface area (Å²) in [7, 11) is 1.71. The molecule has 1 amide bonds. The van der Waals surface area contributed by atoms with E-state index in [1.807, 2.05) is 6.92 Å². The first-order valence-corrected chi connectivity index (χ1v) is 9.02. The Balaban J connectivity index is 0.00000529. The molecule has 1 aliphatic rings. The number of amides is 1. The summed E-state index contributed by atoms with van der Waals surface area (Å²) in [4.78, 5) is 18.5. The Bertz CT molecular complexity index is 358. The Labute approximate surface area is 164 Å². The Kier molecular flexibility index (Phi) is 14.4. The molecule has 24 heavy (non-hydrogen) atoms. The molecule has 0 aromatic heterocycles. The number of carbonyl (C=O) groups excluding carboxylic acids is 1. The van der Waals surface area contributed by atoms with Crippen LogP contribution in [0.3, 0.4) is 0 Å². The fraction of sp³-hybridized carbons (Fsp3) is 0.882. The number of unbranched alkanes of at least 4 members (excludes halogenated alkanes) is 1. The zero-order valence-electron chi connectivity index (χ0n) is 15.5. The SMILES string of the molecule is CCNC(=NCCCCOCC)N1CCC(CC(=O)NC)CC1.I. The van der Waals surface area contributed by atoms with Gasteiger partial charge < -0.3 is 20.3 Å². The van der Waals surface area contributed by atoms with Gasteiger partial charge in [-0.25, -0.2) is 0 Å². The zero-order chi connectivity index (χ0) is 16.9. The molecule has 0 aromatic rings. The smallest absolute Gasteiger partial charge is 0.220 e. The minimum atomic E-state index is 0. The van der Waals surface area contributed by atoms with E-state index in [-0.39, 0.29) is 29.9 Å². The molecular formula is C17H35IN4O2. The number of hydrogen-bond donors (Lipinski definition) is 2. The lowest BCUT2D eigenvalue weighted by atomic mass is 9.93. The van der Waals surface area contributed by atoms with Crippen LogP contribution in [0.25, 0.3) is 0 Å². The van der Waals surface area contributed by atoms with Gasteiger partial charge in [0.25, 0.3) is 0 Å². The van der Waals surface area contributed by atoms with Crippen molar-refractivity contribution in [3.8, 4) is 0 Å². The van der Waals surface area contributed by atoms with E-state index in [0.717, 1.165) is 71.0 Å². The number of guanidine groups is 1. The second-order valence-corrected chi connectivity index (χ2v) is 5.95. The van der Waals surface area contributed by atoms with Crippen LogP contribution in [0.2, 0.25) is 0 Å². The van der Waals surface area contributed by atoms with Crippen LogP contribution in [0.15, 0.2) is 4.99 Å². The zero-order valence-corrected chi connectivity index (χ0v) is 17.8. The standard InChI is InChI=1S/C17H34N4O2.HI/c1-4-19-17(20-10-6-7-13-23-5-2)21-11-8-15(9-12-21)14-16(22)18-3;/h15H,4-14H2,1-3H3,(H,18,22)(H,19,20);1H. The number of hydrogen-bond acceptors (Lipinski definition) is 3. The highest BCUT2D eigenvalue weighted by Crippen LogP contribution is 2.20. The predicted molar refractivity (Wildman–Crippen MR) is 110 cm³/mol. The number of piperidine rings is 1. The minimum absolute atomic E-state index is 0. The van der Waals surface area contributed by atoms with Crippen LogP contribution in [0.5, 0.6) is 0 Å². The van der Waals surface area contributed by atoms with Crippen molar-refractivity contribution in [2.75, 3.05) is 46.4 Å². The molecule has 0 aliphatic carbocycles. The van der Waals surface area contributed by atoms with E-state index < -0.39 is 0 Å². The molecule has 0 atom stereocenters. The molecule has 1 aliphatic heterocycles. The van der Waals surface area contributed by atoms with E-state index in [0.29, 0.717) is 12.3 Å². The molecule has 7 heteroatoms. The van der Waals surface area contributed by atoms with Crippen LogP contribution in [0.1, 0.15) is 46.0 Å². The summed E-state index contributed by atoms with van der Waals surface area (Å²) >= 11 is 0. The van der Waals surface area contributed by atoms with E-state index in [1.54, 1.807) is 7.05 Å². The monoisotopic (exact) mass is 454 g/mol. The van der Waals surface area contributed by atoms with Gasteiger partial charge >= 0.3 is 0 Å². The summed E-state index contributed by atoms with van der Waals surface area (Å²) < 4.78 is 5.35. The molecule has 0 spiro atoms. The van der Waals surface area contributed by atoms with Crippen molar-refractivity contribution in [2.24, 2.45) is 10.9 Å². The Morgan fingerprint density at radius 2 is 1.96 bits per heavy atom. The molecule has 2 N–H and O–H groups in total. The summed E-state index contributed by atoms with van der Waals surface area (Å²) in [5.74, 6) is 1.67. The molecule has 142 valence electrons. The summed E-state index contributed by atoms with van der Waals surface area (Å²) in [6.45, 7) is 9.42. The fourth-order valence-corrected chi connectivity index (χ4v) is 2.78. The van der Waals surface area contributed by atoms with Gasteiger partial charge in [-0.1, -0.05) is 0 Å². The molecular weight excluding hydrogens is 419 g/mol. The molecule has 1 fully saturated rings. The van der Waals surface area contributed by atoms with Crippen molar-refractivity contribution < 1.29 is 9.53 Å². The predicted octanol–water partition coefficient (Wildman–Crippen LogP) is 2.23. The van der Waals surface area contributed by atoms with Crippen LogP contribution in [-0.4, -0.2) is 63.2 Å². The average Bonchev–Trinajstić information content (AvgIpc) is 2.57. The van der Waals surface area contributed by atoms with E-state index in [9.17, 15) is 4.79 Å². The lowest BCUT2D eigenvalue weighted by Gasteiger charge is -2.34.